The lowest BCUT2D eigenvalue weighted by Crippen LogP contribution is -2.52. The zero-order chi connectivity index (χ0) is 19.5. The number of fused-ring (bicyclic) bond motifs is 1. The van der Waals surface area contributed by atoms with E-state index in [1.807, 2.05) is 18.2 Å². The van der Waals surface area contributed by atoms with E-state index in [-0.39, 0.29) is 12.6 Å². The van der Waals surface area contributed by atoms with Gasteiger partial charge < -0.3 is 5.11 Å². The lowest BCUT2D eigenvalue weighted by Gasteiger charge is -2.41. The van der Waals surface area contributed by atoms with Crippen LogP contribution in [0.1, 0.15) is 17.5 Å². The van der Waals surface area contributed by atoms with Crippen LogP contribution in [0.25, 0.3) is 11.0 Å². The second-order valence-corrected chi connectivity index (χ2v) is 7.17. The highest BCUT2D eigenvalue weighted by molar-refractivity contribution is 5.76. The molecule has 1 aliphatic rings. The molecule has 0 bridgehead atoms. The molecule has 1 unspecified atom stereocenters. The maximum absolute atomic E-state index is 13.5. The van der Waals surface area contributed by atoms with Crippen molar-refractivity contribution in [2.45, 2.75) is 25.6 Å². The molecule has 1 N–H and O–H groups in total. The van der Waals surface area contributed by atoms with Gasteiger partial charge in [0.05, 0.1) is 0 Å². The summed E-state index contributed by atoms with van der Waals surface area (Å²) in [7, 11) is 0. The molecule has 4 rings (SSSR count). The summed E-state index contributed by atoms with van der Waals surface area (Å²) in [4.78, 5) is 4.53. The van der Waals surface area contributed by atoms with Crippen molar-refractivity contribution >= 4 is 11.0 Å². The first-order chi connectivity index (χ1) is 13.6. The normalized spacial score (nSPS) is 18.8. The molecule has 8 heteroatoms. The molecule has 28 heavy (non-hydrogen) atoms. The second kappa shape index (κ2) is 8.30. The Labute approximate surface area is 161 Å². The number of nitrogens with zero attached hydrogens (tertiary/aromatic N) is 4. The summed E-state index contributed by atoms with van der Waals surface area (Å²) >= 11 is 0. The van der Waals surface area contributed by atoms with Crippen LogP contribution in [0.3, 0.4) is 0 Å². The molecule has 1 aromatic heterocycles. The number of aliphatic hydroxyl groups is 1. The van der Waals surface area contributed by atoms with Gasteiger partial charge in [0.15, 0.2) is 11.6 Å². The van der Waals surface area contributed by atoms with Gasteiger partial charge >= 0.3 is 0 Å². The second-order valence-electron chi connectivity index (χ2n) is 7.17. The maximum atomic E-state index is 13.5. The molecule has 0 saturated carbocycles. The van der Waals surface area contributed by atoms with E-state index < -0.39 is 11.6 Å². The first-order valence-electron chi connectivity index (χ1n) is 9.35. The minimum atomic E-state index is -0.836. The Hall–Kier alpha value is -2.42. The molecule has 2 aromatic carbocycles. The van der Waals surface area contributed by atoms with Crippen LogP contribution in [-0.4, -0.2) is 57.5 Å². The van der Waals surface area contributed by atoms with Crippen LogP contribution >= 0.6 is 0 Å². The maximum Gasteiger partial charge on any atom is 0.159 e. The van der Waals surface area contributed by atoms with E-state index in [4.69, 9.17) is 4.63 Å². The molecule has 148 valence electrons. The highest BCUT2D eigenvalue weighted by Gasteiger charge is 2.27. The van der Waals surface area contributed by atoms with Crippen molar-refractivity contribution in [1.29, 1.82) is 0 Å². The number of piperazine rings is 1. The van der Waals surface area contributed by atoms with E-state index in [1.54, 1.807) is 6.07 Å². The summed E-state index contributed by atoms with van der Waals surface area (Å²) < 4.78 is 31.5. The number of aromatic nitrogens is 2. The number of hydrogen-bond donors (Lipinski definition) is 1. The largest absolute Gasteiger partial charge is 0.396 e. The highest BCUT2D eigenvalue weighted by atomic mass is 19.2. The van der Waals surface area contributed by atoms with Crippen molar-refractivity contribution in [3.05, 3.63) is 59.2 Å². The molecular formula is C20H22F2N4O2. The molecule has 1 aliphatic heterocycles. The first-order valence-corrected chi connectivity index (χ1v) is 9.35. The summed E-state index contributed by atoms with van der Waals surface area (Å²) in [6.45, 7) is 3.69. The van der Waals surface area contributed by atoms with E-state index >= 15 is 0 Å². The van der Waals surface area contributed by atoms with Crippen LogP contribution in [0.2, 0.25) is 0 Å². The van der Waals surface area contributed by atoms with E-state index in [9.17, 15) is 13.9 Å². The zero-order valence-electron chi connectivity index (χ0n) is 15.4. The summed E-state index contributed by atoms with van der Waals surface area (Å²) in [5.74, 6) is -1.67. The van der Waals surface area contributed by atoms with Crippen LogP contribution in [0.5, 0.6) is 0 Å². The molecule has 6 nitrogen and oxygen atoms in total. The average molecular weight is 388 g/mol. The number of benzene rings is 2. The summed E-state index contributed by atoms with van der Waals surface area (Å²) in [5.41, 5.74) is 3.29. The van der Waals surface area contributed by atoms with Gasteiger partial charge in [-0.2, -0.15) is 0 Å². The SMILES string of the molecule is OCCC1CN(Cc2cccc3nonc23)CCN1Cc1ccc(F)c(F)c1. The predicted molar refractivity (Wildman–Crippen MR) is 99.3 cm³/mol. The van der Waals surface area contributed by atoms with E-state index in [0.717, 1.165) is 47.9 Å². The molecule has 0 spiro atoms. The van der Waals surface area contributed by atoms with Crippen molar-refractivity contribution in [3.8, 4) is 0 Å². The molecule has 1 fully saturated rings. The van der Waals surface area contributed by atoms with Gasteiger partial charge in [-0.05, 0) is 46.1 Å². The van der Waals surface area contributed by atoms with Gasteiger partial charge in [-0.1, -0.05) is 18.2 Å². The predicted octanol–water partition coefficient (Wildman–Crippen LogP) is 2.57. The standard InChI is InChI=1S/C20H22F2N4O2/c21-17-5-4-14(10-18(17)22)11-26-8-7-25(13-16(26)6-9-27)12-15-2-1-3-19-20(15)24-28-23-19/h1-5,10,16,27H,6-9,11-13H2. The van der Waals surface area contributed by atoms with Gasteiger partial charge in [-0.15, -0.1) is 0 Å². The van der Waals surface area contributed by atoms with Gasteiger partial charge in [0, 0.05) is 45.4 Å². The Morgan fingerprint density at radius 1 is 1.07 bits per heavy atom. The number of rotatable bonds is 6. The van der Waals surface area contributed by atoms with Gasteiger partial charge in [0.25, 0.3) is 0 Å². The number of hydrogen-bond acceptors (Lipinski definition) is 6. The average Bonchev–Trinajstić information content (AvgIpc) is 3.17. The van der Waals surface area contributed by atoms with Crippen molar-refractivity contribution in [2.24, 2.45) is 0 Å². The first kappa shape index (κ1) is 18.9. The molecular weight excluding hydrogens is 366 g/mol. The van der Waals surface area contributed by atoms with Gasteiger partial charge in [-0.25, -0.2) is 13.4 Å². The lowest BCUT2D eigenvalue weighted by molar-refractivity contribution is 0.0500. The van der Waals surface area contributed by atoms with Crippen molar-refractivity contribution in [2.75, 3.05) is 26.2 Å². The Morgan fingerprint density at radius 2 is 1.96 bits per heavy atom. The molecule has 1 saturated heterocycles. The van der Waals surface area contributed by atoms with Crippen LogP contribution < -0.4 is 0 Å². The number of aliphatic hydroxyl groups excluding tert-OH is 1. The molecule has 0 radical (unpaired) electrons. The quantitative estimate of drug-likeness (QED) is 0.700. The fraction of sp³-hybridized carbons (Fsp3) is 0.400. The smallest absolute Gasteiger partial charge is 0.159 e. The molecule has 2 heterocycles. The summed E-state index contributed by atoms with van der Waals surface area (Å²) in [5, 5.41) is 17.4. The Kier molecular flexibility index (Phi) is 5.61. The fourth-order valence-electron chi connectivity index (χ4n) is 3.83. The van der Waals surface area contributed by atoms with Gasteiger partial charge in [-0.3, -0.25) is 9.80 Å². The lowest BCUT2D eigenvalue weighted by atomic mass is 10.1. The molecule has 1 atom stereocenters. The van der Waals surface area contributed by atoms with Crippen molar-refractivity contribution < 1.29 is 18.5 Å². The Balaban J connectivity index is 1.45. The Morgan fingerprint density at radius 3 is 2.79 bits per heavy atom. The highest BCUT2D eigenvalue weighted by Crippen LogP contribution is 2.22. The number of halogens is 2. The molecule has 0 amide bonds. The van der Waals surface area contributed by atoms with Crippen LogP contribution in [0.4, 0.5) is 8.78 Å². The van der Waals surface area contributed by atoms with Crippen LogP contribution in [0.15, 0.2) is 41.0 Å². The molecule has 0 aliphatic carbocycles. The van der Waals surface area contributed by atoms with Crippen LogP contribution in [0, 0.1) is 11.6 Å². The van der Waals surface area contributed by atoms with E-state index in [1.165, 1.54) is 6.07 Å². The monoisotopic (exact) mass is 388 g/mol. The minimum absolute atomic E-state index is 0.0789. The summed E-state index contributed by atoms with van der Waals surface area (Å²) in [6.07, 6.45) is 0.621. The summed E-state index contributed by atoms with van der Waals surface area (Å²) in [6, 6.07) is 9.96. The Bertz CT molecular complexity index is 949. The third-order valence-electron chi connectivity index (χ3n) is 5.28. The van der Waals surface area contributed by atoms with Crippen molar-refractivity contribution in [1.82, 2.24) is 20.1 Å². The molecule has 3 aromatic rings. The minimum Gasteiger partial charge on any atom is -0.396 e. The van der Waals surface area contributed by atoms with Crippen LogP contribution in [-0.2, 0) is 13.1 Å². The third kappa shape index (κ3) is 4.04. The van der Waals surface area contributed by atoms with Gasteiger partial charge in [0.1, 0.15) is 11.0 Å². The topological polar surface area (TPSA) is 65.6 Å². The van der Waals surface area contributed by atoms with E-state index in [0.29, 0.717) is 19.5 Å². The third-order valence-corrected chi connectivity index (χ3v) is 5.28. The van der Waals surface area contributed by atoms with Crippen molar-refractivity contribution in [3.63, 3.8) is 0 Å². The fourth-order valence-corrected chi connectivity index (χ4v) is 3.83. The van der Waals surface area contributed by atoms with Gasteiger partial charge in [0.2, 0.25) is 0 Å². The zero-order valence-corrected chi connectivity index (χ0v) is 15.4. The van der Waals surface area contributed by atoms with E-state index in [2.05, 4.69) is 20.1 Å².